The van der Waals surface area contributed by atoms with E-state index in [0.717, 1.165) is 62.6 Å². The van der Waals surface area contributed by atoms with Gasteiger partial charge in [0.05, 0.1) is 30.6 Å². The van der Waals surface area contributed by atoms with Crippen molar-refractivity contribution in [1.82, 2.24) is 4.90 Å². The number of carbonyl (C=O) groups is 3. The van der Waals surface area contributed by atoms with Crippen LogP contribution >= 0.6 is 0 Å². The second kappa shape index (κ2) is 12.8. The lowest BCUT2D eigenvalue weighted by Crippen LogP contribution is -2.41. The maximum atomic E-state index is 13.5. The van der Waals surface area contributed by atoms with Crippen LogP contribution in [0.3, 0.4) is 0 Å². The molecule has 2 N–H and O–H groups in total. The van der Waals surface area contributed by atoms with Crippen molar-refractivity contribution in [2.24, 2.45) is 0 Å². The second-order valence-corrected chi connectivity index (χ2v) is 8.24. The highest BCUT2D eigenvalue weighted by Gasteiger charge is 2.48. The Morgan fingerprint density at radius 1 is 0.943 bits per heavy atom. The molecular formula is C26H30N2O7-2. The molecule has 4 rings (SSSR count). The van der Waals surface area contributed by atoms with E-state index in [1.54, 1.807) is 0 Å². The summed E-state index contributed by atoms with van der Waals surface area (Å²) in [5, 5.41) is 18.8. The van der Waals surface area contributed by atoms with Crippen molar-refractivity contribution < 1.29 is 34.8 Å². The smallest absolute Gasteiger partial charge is 0.241 e. The molecule has 2 aliphatic heterocycles. The number of carbonyl (C=O) groups excluding carboxylic acids is 3. The number of benzene rings is 2. The molecule has 0 spiro atoms. The van der Waals surface area contributed by atoms with Gasteiger partial charge >= 0.3 is 0 Å². The molecule has 1 atom stereocenters. The normalized spacial score (nSPS) is 19.5. The molecule has 35 heavy (non-hydrogen) atoms. The van der Waals surface area contributed by atoms with Crippen molar-refractivity contribution in [3.8, 4) is 0 Å². The number of morpholine rings is 1. The van der Waals surface area contributed by atoms with Crippen molar-refractivity contribution in [3.63, 3.8) is 0 Å². The van der Waals surface area contributed by atoms with Gasteiger partial charge in [-0.25, -0.2) is 0 Å². The average Bonchev–Trinajstić information content (AvgIpc) is 3.07. The van der Waals surface area contributed by atoms with E-state index in [4.69, 9.17) is 4.74 Å². The van der Waals surface area contributed by atoms with Crippen LogP contribution < -0.4 is 15.1 Å². The van der Waals surface area contributed by atoms with Crippen molar-refractivity contribution in [2.75, 3.05) is 44.3 Å². The van der Waals surface area contributed by atoms with Gasteiger partial charge in [0.1, 0.15) is 0 Å². The Kier molecular flexibility index (Phi) is 10.1. The number of rotatable bonds is 7. The Morgan fingerprint density at radius 2 is 1.51 bits per heavy atom. The number of hydrogen-bond acceptors (Lipinski definition) is 7. The summed E-state index contributed by atoms with van der Waals surface area (Å²) in [6, 6.07) is 18.4. The standard InChI is InChI=1S/C22H26N2O2.C4H4O4.H2O/c1-22(18-8-3-2-4-9-18)19-10-5-6-11-20(19)24(21(22)25)13-7-12-23-14-16-26-17-15-23;5-3(6)1-2-4(7)8;/h2-6,8-11H,7,12-17H2,1H3;1-2H,(H,5,6)(H,7,8);1H2/p-2/b;2-1-;. The third-order valence-corrected chi connectivity index (χ3v) is 6.07. The van der Waals surface area contributed by atoms with E-state index in [0.29, 0.717) is 12.2 Å². The molecule has 9 heteroatoms. The summed E-state index contributed by atoms with van der Waals surface area (Å²) in [5.41, 5.74) is 2.64. The number of para-hydroxylation sites is 1. The summed E-state index contributed by atoms with van der Waals surface area (Å²) in [7, 11) is 0. The largest absolute Gasteiger partial charge is 0.545 e. The predicted octanol–water partition coefficient (Wildman–Crippen LogP) is -0.721. The lowest BCUT2D eigenvalue weighted by molar-refractivity contribution is -0.301. The number of nitrogens with zero attached hydrogens (tertiary/aromatic N) is 2. The van der Waals surface area contributed by atoms with Gasteiger partial charge in [-0.05, 0) is 42.7 Å². The maximum Gasteiger partial charge on any atom is 0.241 e. The first-order valence-electron chi connectivity index (χ1n) is 11.2. The number of carboxylic acid groups (broad SMARTS) is 2. The molecular weight excluding hydrogens is 452 g/mol. The molecule has 0 saturated carbocycles. The molecule has 9 nitrogen and oxygen atoms in total. The highest BCUT2D eigenvalue weighted by atomic mass is 16.5. The van der Waals surface area contributed by atoms with Crippen molar-refractivity contribution in [1.29, 1.82) is 0 Å². The van der Waals surface area contributed by atoms with E-state index in [1.165, 1.54) is 0 Å². The van der Waals surface area contributed by atoms with E-state index in [-0.39, 0.29) is 11.4 Å². The van der Waals surface area contributed by atoms with Gasteiger partial charge < -0.3 is 34.9 Å². The van der Waals surface area contributed by atoms with Crippen LogP contribution in [-0.4, -0.2) is 67.6 Å². The topological polar surface area (TPSA) is 145 Å². The molecule has 1 amide bonds. The first-order chi connectivity index (χ1) is 16.3. The zero-order valence-electron chi connectivity index (χ0n) is 19.6. The summed E-state index contributed by atoms with van der Waals surface area (Å²) in [4.78, 5) is 36.7. The molecule has 2 aromatic carbocycles. The fourth-order valence-corrected chi connectivity index (χ4v) is 4.31. The van der Waals surface area contributed by atoms with E-state index < -0.39 is 17.4 Å². The molecule has 0 bridgehead atoms. The van der Waals surface area contributed by atoms with Crippen molar-refractivity contribution in [2.45, 2.75) is 18.8 Å². The minimum Gasteiger partial charge on any atom is -0.545 e. The minimum atomic E-state index is -1.55. The van der Waals surface area contributed by atoms with Crippen molar-refractivity contribution in [3.05, 3.63) is 77.9 Å². The SMILES string of the molecule is CC1(c2ccccc2)C(=O)N(CCCN2CCOCC2)c2ccccc21.O.O=C([O-])/C=C\C(=O)[O-]. The van der Waals surface area contributed by atoms with Crippen LogP contribution in [0.1, 0.15) is 24.5 Å². The summed E-state index contributed by atoms with van der Waals surface area (Å²) < 4.78 is 5.41. The Bertz CT molecular complexity index is 1020. The molecule has 188 valence electrons. The second-order valence-electron chi connectivity index (χ2n) is 8.24. The monoisotopic (exact) mass is 482 g/mol. The summed E-state index contributed by atoms with van der Waals surface area (Å²) in [6.07, 6.45) is 1.75. The van der Waals surface area contributed by atoms with Crippen LogP contribution in [0.4, 0.5) is 5.69 Å². The molecule has 1 fully saturated rings. The fourth-order valence-electron chi connectivity index (χ4n) is 4.31. The Labute approximate surface area is 204 Å². The molecule has 0 aromatic heterocycles. The average molecular weight is 483 g/mol. The van der Waals surface area contributed by atoms with E-state index in [1.807, 2.05) is 35.2 Å². The Hall–Kier alpha value is -3.53. The predicted molar refractivity (Wildman–Crippen MR) is 126 cm³/mol. The van der Waals surface area contributed by atoms with E-state index in [2.05, 4.69) is 36.1 Å². The lowest BCUT2D eigenvalue weighted by atomic mass is 9.77. The third-order valence-electron chi connectivity index (χ3n) is 6.07. The van der Waals surface area contributed by atoms with Crippen LogP contribution in [-0.2, 0) is 24.5 Å². The maximum absolute atomic E-state index is 13.5. The zero-order chi connectivity index (χ0) is 24.6. The summed E-state index contributed by atoms with van der Waals surface area (Å²) in [5.74, 6) is -2.91. The number of aliphatic carboxylic acids is 2. The number of carboxylic acids is 2. The first kappa shape index (κ1) is 27.7. The number of anilines is 1. The molecule has 0 radical (unpaired) electrons. The van der Waals surface area contributed by atoms with Crippen molar-refractivity contribution >= 4 is 23.5 Å². The number of fused-ring (bicyclic) bond motifs is 1. The quantitative estimate of drug-likeness (QED) is 0.474. The van der Waals surface area contributed by atoms with E-state index >= 15 is 0 Å². The Balaban J connectivity index is 0.000000418. The highest BCUT2D eigenvalue weighted by molar-refractivity contribution is 6.10. The van der Waals surface area contributed by atoms with Crippen LogP contribution in [0.5, 0.6) is 0 Å². The zero-order valence-corrected chi connectivity index (χ0v) is 19.6. The third kappa shape index (κ3) is 6.75. The molecule has 1 saturated heterocycles. The molecule has 1 unspecified atom stereocenters. The van der Waals surface area contributed by atoms with Crippen LogP contribution in [0.2, 0.25) is 0 Å². The van der Waals surface area contributed by atoms with Gasteiger partial charge in [0.15, 0.2) is 0 Å². The van der Waals surface area contributed by atoms with Gasteiger partial charge in [-0.15, -0.1) is 0 Å². The molecule has 0 aliphatic carbocycles. The molecule has 2 aliphatic rings. The van der Waals surface area contributed by atoms with Gasteiger partial charge in [-0.2, -0.15) is 0 Å². The van der Waals surface area contributed by atoms with Gasteiger partial charge in [-0.3, -0.25) is 9.69 Å². The van der Waals surface area contributed by atoms with Crippen LogP contribution in [0.15, 0.2) is 66.7 Å². The number of hydrogen-bond donors (Lipinski definition) is 0. The first-order valence-corrected chi connectivity index (χ1v) is 11.2. The minimum absolute atomic E-state index is 0. The number of amides is 1. The highest BCUT2D eigenvalue weighted by Crippen LogP contribution is 2.45. The van der Waals surface area contributed by atoms with Crippen LogP contribution in [0.25, 0.3) is 0 Å². The fraction of sp³-hybridized carbons (Fsp3) is 0.346. The molecule has 2 heterocycles. The summed E-state index contributed by atoms with van der Waals surface area (Å²) in [6.45, 7) is 7.45. The summed E-state index contributed by atoms with van der Waals surface area (Å²) >= 11 is 0. The number of ether oxygens (including phenoxy) is 1. The van der Waals surface area contributed by atoms with Gasteiger partial charge in [0.25, 0.3) is 0 Å². The van der Waals surface area contributed by atoms with Gasteiger partial charge in [-0.1, -0.05) is 48.5 Å². The van der Waals surface area contributed by atoms with Gasteiger partial charge in [0.2, 0.25) is 5.91 Å². The van der Waals surface area contributed by atoms with Gasteiger partial charge in [0, 0.05) is 31.9 Å². The molecule has 2 aromatic rings. The lowest BCUT2D eigenvalue weighted by Gasteiger charge is -2.28. The Morgan fingerprint density at radius 3 is 2.11 bits per heavy atom. The van der Waals surface area contributed by atoms with Crippen LogP contribution in [0, 0.1) is 0 Å². The van der Waals surface area contributed by atoms with E-state index in [9.17, 15) is 24.6 Å².